The van der Waals surface area contributed by atoms with Crippen LogP contribution >= 0.6 is 11.6 Å². The van der Waals surface area contributed by atoms with Crippen LogP contribution in [0.1, 0.15) is 53.5 Å². The number of nitrogens with zero attached hydrogens (tertiary/aromatic N) is 3. The van der Waals surface area contributed by atoms with Crippen LogP contribution in [0.25, 0.3) is 10.9 Å². The van der Waals surface area contributed by atoms with Crippen LogP contribution in [-0.2, 0) is 0 Å². The highest BCUT2D eigenvalue weighted by Crippen LogP contribution is 2.35. The van der Waals surface area contributed by atoms with Gasteiger partial charge in [-0.05, 0) is 31.5 Å². The molecule has 3 heterocycles. The fourth-order valence-corrected chi connectivity index (χ4v) is 4.45. The van der Waals surface area contributed by atoms with Crippen molar-refractivity contribution in [2.45, 2.75) is 44.6 Å². The molecule has 0 aliphatic carbocycles. The molecule has 1 aliphatic rings. The van der Waals surface area contributed by atoms with Crippen molar-refractivity contribution in [3.8, 4) is 0 Å². The summed E-state index contributed by atoms with van der Waals surface area (Å²) >= 11 is 6.34. The Morgan fingerprint density at radius 3 is 2.56 bits per heavy atom. The van der Waals surface area contributed by atoms with E-state index in [1.165, 1.54) is 6.07 Å². The van der Waals surface area contributed by atoms with E-state index in [-0.39, 0.29) is 49.7 Å². The number of carbonyl (C=O) groups excluding carboxylic acids is 1. The Morgan fingerprint density at radius 1 is 1.19 bits per heavy atom. The lowest BCUT2D eigenvalue weighted by molar-refractivity contribution is -0.0641. The van der Waals surface area contributed by atoms with Crippen molar-refractivity contribution in [1.82, 2.24) is 19.9 Å². The third kappa shape index (κ3) is 4.86. The molecular weight excluding hydrogens is 438 g/mol. The molecule has 9 heteroatoms. The highest BCUT2D eigenvalue weighted by molar-refractivity contribution is 6.35. The molecule has 168 valence electrons. The van der Waals surface area contributed by atoms with E-state index in [0.717, 1.165) is 5.56 Å². The van der Waals surface area contributed by atoms with Crippen molar-refractivity contribution in [2.24, 2.45) is 0 Å². The van der Waals surface area contributed by atoms with Gasteiger partial charge in [-0.25, -0.2) is 18.7 Å². The summed E-state index contributed by atoms with van der Waals surface area (Å²) in [5, 5.41) is 0.886. The number of hydrogen-bond donors (Lipinski definition) is 1. The smallest absolute Gasteiger partial charge is 0.250 e. The van der Waals surface area contributed by atoms with Crippen LogP contribution in [0.5, 0.6) is 0 Å². The van der Waals surface area contributed by atoms with Crippen LogP contribution in [-0.4, -0.2) is 44.6 Å². The number of carbonyl (C=O) groups is 1. The number of piperidine rings is 1. The molecule has 1 atom stereocenters. The van der Waals surface area contributed by atoms with Crippen LogP contribution in [0.3, 0.4) is 0 Å². The number of ketones is 1. The number of likely N-dealkylation sites (tertiary alicyclic amines) is 1. The Hall–Kier alpha value is -2.71. The maximum absolute atomic E-state index is 13.7. The lowest BCUT2D eigenvalue weighted by Gasteiger charge is -2.37. The molecule has 4 rings (SSSR count). The summed E-state index contributed by atoms with van der Waals surface area (Å²) < 4.78 is 27.4. The van der Waals surface area contributed by atoms with E-state index in [4.69, 9.17) is 11.6 Å². The van der Waals surface area contributed by atoms with Gasteiger partial charge in [0.15, 0.2) is 5.78 Å². The molecule has 1 saturated heterocycles. The zero-order chi connectivity index (χ0) is 22.9. The number of halogens is 3. The van der Waals surface area contributed by atoms with Crippen LogP contribution < -0.4 is 5.56 Å². The normalized spacial score (nSPS) is 17.4. The van der Waals surface area contributed by atoms with Gasteiger partial charge >= 0.3 is 0 Å². The first-order valence-electron chi connectivity index (χ1n) is 10.5. The molecule has 3 aromatic rings. The highest BCUT2D eigenvalue weighted by Gasteiger charge is 2.37. The second-order valence-corrected chi connectivity index (χ2v) is 8.55. The molecule has 0 bridgehead atoms. The summed E-state index contributed by atoms with van der Waals surface area (Å²) in [6, 6.07) is 5.94. The highest BCUT2D eigenvalue weighted by atomic mass is 35.5. The summed E-state index contributed by atoms with van der Waals surface area (Å²) in [7, 11) is 0. The molecule has 1 fully saturated rings. The predicted molar refractivity (Wildman–Crippen MR) is 118 cm³/mol. The van der Waals surface area contributed by atoms with Gasteiger partial charge < -0.3 is 4.98 Å². The van der Waals surface area contributed by atoms with Gasteiger partial charge in [0.25, 0.3) is 5.92 Å². The predicted octanol–water partition coefficient (Wildman–Crippen LogP) is 4.72. The number of alkyl halides is 2. The van der Waals surface area contributed by atoms with Crippen molar-refractivity contribution in [3.05, 3.63) is 69.0 Å². The molecule has 1 aromatic carbocycles. The first-order valence-corrected chi connectivity index (χ1v) is 10.9. The molecule has 1 aliphatic heterocycles. The Balaban J connectivity index is 1.59. The third-order valence-corrected chi connectivity index (χ3v) is 6.25. The zero-order valence-corrected chi connectivity index (χ0v) is 18.3. The monoisotopic (exact) mass is 460 g/mol. The van der Waals surface area contributed by atoms with Crippen molar-refractivity contribution in [1.29, 1.82) is 0 Å². The number of fused-ring (bicyclic) bond motifs is 1. The standard InChI is InChI=1S/C23H23ClF2N4O2/c1-14-27-12-15(13-28-14)19(30-10-8-23(25,26)9-11-30)5-6-20(31)22-16-2-7-21(32)29-18(16)4-3-17(22)24/h2-4,7,12-13,19H,5-6,8-11H2,1H3,(H,29,32). The molecule has 0 radical (unpaired) electrons. The molecule has 0 saturated carbocycles. The quantitative estimate of drug-likeness (QED) is 0.539. The second-order valence-electron chi connectivity index (χ2n) is 8.14. The number of aromatic nitrogens is 3. The maximum atomic E-state index is 13.7. The first-order chi connectivity index (χ1) is 15.2. The maximum Gasteiger partial charge on any atom is 0.250 e. The average Bonchev–Trinajstić information content (AvgIpc) is 2.75. The summed E-state index contributed by atoms with van der Waals surface area (Å²) in [5.41, 5.74) is 1.41. The molecule has 32 heavy (non-hydrogen) atoms. The number of aryl methyl sites for hydroxylation is 1. The Kier molecular flexibility index (Phi) is 6.35. The zero-order valence-electron chi connectivity index (χ0n) is 17.6. The number of benzene rings is 1. The van der Waals surface area contributed by atoms with Crippen molar-refractivity contribution < 1.29 is 13.6 Å². The van der Waals surface area contributed by atoms with Gasteiger partial charge in [0.2, 0.25) is 5.56 Å². The van der Waals surface area contributed by atoms with Crippen molar-refractivity contribution in [3.63, 3.8) is 0 Å². The number of nitrogens with one attached hydrogen (secondary N) is 1. The number of rotatable bonds is 6. The van der Waals surface area contributed by atoms with Crippen LogP contribution in [0.4, 0.5) is 8.78 Å². The topological polar surface area (TPSA) is 79.0 Å². The van der Waals surface area contributed by atoms with E-state index in [1.54, 1.807) is 37.5 Å². The van der Waals surface area contributed by atoms with E-state index in [0.29, 0.717) is 33.7 Å². The molecule has 0 amide bonds. The van der Waals surface area contributed by atoms with E-state index < -0.39 is 5.92 Å². The molecule has 0 spiro atoms. The minimum Gasteiger partial charge on any atom is -0.322 e. The van der Waals surface area contributed by atoms with Gasteiger partial charge in [0, 0.05) is 78.9 Å². The number of hydrogen-bond acceptors (Lipinski definition) is 5. The van der Waals surface area contributed by atoms with E-state index >= 15 is 0 Å². The van der Waals surface area contributed by atoms with Gasteiger partial charge in [-0.15, -0.1) is 0 Å². The van der Waals surface area contributed by atoms with Gasteiger partial charge in [-0.2, -0.15) is 0 Å². The summed E-state index contributed by atoms with van der Waals surface area (Å²) in [5.74, 6) is -2.22. The van der Waals surface area contributed by atoms with E-state index in [9.17, 15) is 18.4 Å². The van der Waals surface area contributed by atoms with Gasteiger partial charge in [0.05, 0.1) is 5.02 Å². The number of aromatic amines is 1. The largest absolute Gasteiger partial charge is 0.322 e. The molecule has 1 N–H and O–H groups in total. The summed E-state index contributed by atoms with van der Waals surface area (Å²) in [6.45, 7) is 2.24. The average molecular weight is 461 g/mol. The Morgan fingerprint density at radius 2 is 1.88 bits per heavy atom. The number of pyridine rings is 1. The molecule has 6 nitrogen and oxygen atoms in total. The first kappa shape index (κ1) is 22.5. The van der Waals surface area contributed by atoms with Gasteiger partial charge in [-0.3, -0.25) is 14.5 Å². The Labute approximate surface area is 188 Å². The molecule has 1 unspecified atom stereocenters. The fourth-order valence-electron chi connectivity index (χ4n) is 4.18. The van der Waals surface area contributed by atoms with Gasteiger partial charge in [-0.1, -0.05) is 11.6 Å². The SMILES string of the molecule is Cc1ncc(C(CCC(=O)c2c(Cl)ccc3[nH]c(=O)ccc23)N2CCC(F)(F)CC2)cn1. The fraction of sp³-hybridized carbons (Fsp3) is 0.391. The Bertz CT molecular complexity index is 1190. The third-order valence-electron chi connectivity index (χ3n) is 5.93. The van der Waals surface area contributed by atoms with E-state index in [1.807, 2.05) is 4.90 Å². The summed E-state index contributed by atoms with van der Waals surface area (Å²) in [4.78, 5) is 38.0. The lowest BCUT2D eigenvalue weighted by Crippen LogP contribution is -2.41. The lowest BCUT2D eigenvalue weighted by atomic mass is 9.94. The molecular formula is C23H23ClF2N4O2. The molecule has 2 aromatic heterocycles. The van der Waals surface area contributed by atoms with E-state index in [2.05, 4.69) is 15.0 Å². The second kappa shape index (κ2) is 9.03. The minimum absolute atomic E-state index is 0.156. The van der Waals surface area contributed by atoms with Crippen molar-refractivity contribution in [2.75, 3.05) is 13.1 Å². The van der Waals surface area contributed by atoms with Gasteiger partial charge in [0.1, 0.15) is 5.82 Å². The van der Waals surface area contributed by atoms with Crippen molar-refractivity contribution >= 4 is 28.3 Å². The van der Waals surface area contributed by atoms with Crippen LogP contribution in [0.15, 0.2) is 41.5 Å². The number of Topliss-reactive ketones (excluding diaryl/α,β-unsaturated/α-hetero) is 1. The van der Waals surface area contributed by atoms with Crippen LogP contribution in [0.2, 0.25) is 5.02 Å². The summed E-state index contributed by atoms with van der Waals surface area (Å²) in [6.07, 6.45) is 3.52. The number of H-pyrrole nitrogens is 1. The minimum atomic E-state index is -2.66. The van der Waals surface area contributed by atoms with Crippen LogP contribution in [0, 0.1) is 6.92 Å².